The van der Waals surface area contributed by atoms with E-state index < -0.39 is 0 Å². The Morgan fingerprint density at radius 2 is 2.29 bits per heavy atom. The van der Waals surface area contributed by atoms with Gasteiger partial charge in [0.15, 0.2) is 5.58 Å². The Balaban J connectivity index is 2.03. The summed E-state index contributed by atoms with van der Waals surface area (Å²) >= 11 is 0. The normalized spacial score (nSPS) is 11.3. The number of rotatable bonds is 4. The molecule has 0 radical (unpaired) electrons. The van der Waals surface area contributed by atoms with Crippen molar-refractivity contribution in [1.82, 2.24) is 4.98 Å². The van der Waals surface area contributed by atoms with E-state index in [1.807, 2.05) is 6.92 Å². The maximum absolute atomic E-state index is 11.7. The molecule has 2 rings (SSSR count). The predicted octanol–water partition coefficient (Wildman–Crippen LogP) is 3.27. The van der Waals surface area contributed by atoms with Crippen molar-refractivity contribution in [2.75, 3.05) is 6.61 Å². The highest BCUT2D eigenvalue weighted by molar-refractivity contribution is 5.93. The minimum atomic E-state index is -0.323. The average molecular weight is 235 g/mol. The zero-order valence-corrected chi connectivity index (χ0v) is 10.4. The van der Waals surface area contributed by atoms with Crippen LogP contribution in [0.15, 0.2) is 16.7 Å². The number of carbonyl (C=O) groups is 1. The SMILES string of the molecule is Cc1coc2cc(C(=O)OCCC(C)C)[nH]c12. The summed E-state index contributed by atoms with van der Waals surface area (Å²) in [4.78, 5) is 14.7. The number of fused-ring (bicyclic) bond motifs is 1. The lowest BCUT2D eigenvalue weighted by Gasteiger charge is -2.05. The summed E-state index contributed by atoms with van der Waals surface area (Å²) in [7, 11) is 0. The van der Waals surface area contributed by atoms with Gasteiger partial charge in [0.1, 0.15) is 5.69 Å². The lowest BCUT2D eigenvalue weighted by Crippen LogP contribution is -2.08. The van der Waals surface area contributed by atoms with Gasteiger partial charge in [-0.05, 0) is 19.3 Å². The third-order valence-electron chi connectivity index (χ3n) is 2.69. The highest BCUT2D eigenvalue weighted by atomic mass is 16.5. The van der Waals surface area contributed by atoms with Gasteiger partial charge in [0.25, 0.3) is 0 Å². The molecule has 0 fully saturated rings. The van der Waals surface area contributed by atoms with Crippen LogP contribution in [-0.4, -0.2) is 17.6 Å². The molecule has 0 aliphatic rings. The van der Waals surface area contributed by atoms with E-state index in [-0.39, 0.29) is 5.97 Å². The number of esters is 1. The largest absolute Gasteiger partial charge is 0.462 e. The molecule has 0 saturated heterocycles. The van der Waals surface area contributed by atoms with Crippen LogP contribution in [0, 0.1) is 12.8 Å². The minimum absolute atomic E-state index is 0.323. The Morgan fingerprint density at radius 1 is 1.53 bits per heavy atom. The molecule has 17 heavy (non-hydrogen) atoms. The second-order valence-corrected chi connectivity index (χ2v) is 4.66. The maximum Gasteiger partial charge on any atom is 0.354 e. The third-order valence-corrected chi connectivity index (χ3v) is 2.69. The van der Waals surface area contributed by atoms with Crippen molar-refractivity contribution in [3.05, 3.63) is 23.6 Å². The molecule has 2 aromatic heterocycles. The van der Waals surface area contributed by atoms with Crippen molar-refractivity contribution in [3.63, 3.8) is 0 Å². The lowest BCUT2D eigenvalue weighted by molar-refractivity contribution is 0.0482. The van der Waals surface area contributed by atoms with E-state index in [2.05, 4.69) is 18.8 Å². The van der Waals surface area contributed by atoms with Gasteiger partial charge >= 0.3 is 5.97 Å². The van der Waals surface area contributed by atoms with Crippen LogP contribution in [0.3, 0.4) is 0 Å². The monoisotopic (exact) mass is 235 g/mol. The van der Waals surface area contributed by atoms with Crippen molar-refractivity contribution < 1.29 is 13.9 Å². The fourth-order valence-electron chi connectivity index (χ4n) is 1.61. The number of carbonyl (C=O) groups excluding carboxylic acids is 1. The highest BCUT2D eigenvalue weighted by Gasteiger charge is 2.14. The molecule has 0 aliphatic carbocycles. The summed E-state index contributed by atoms with van der Waals surface area (Å²) in [5.74, 6) is 0.210. The van der Waals surface area contributed by atoms with E-state index in [4.69, 9.17) is 9.15 Å². The van der Waals surface area contributed by atoms with Gasteiger partial charge in [-0.15, -0.1) is 0 Å². The smallest absolute Gasteiger partial charge is 0.354 e. The van der Waals surface area contributed by atoms with Gasteiger partial charge in [-0.25, -0.2) is 4.79 Å². The predicted molar refractivity (Wildman–Crippen MR) is 65.0 cm³/mol. The maximum atomic E-state index is 11.7. The third kappa shape index (κ3) is 2.52. The molecule has 2 aromatic rings. The van der Waals surface area contributed by atoms with Crippen molar-refractivity contribution in [2.24, 2.45) is 5.92 Å². The van der Waals surface area contributed by atoms with Gasteiger partial charge in [0, 0.05) is 11.6 Å². The molecule has 0 amide bonds. The van der Waals surface area contributed by atoms with Gasteiger partial charge in [-0.3, -0.25) is 0 Å². The van der Waals surface area contributed by atoms with Gasteiger partial charge in [0.2, 0.25) is 0 Å². The molecule has 4 nitrogen and oxygen atoms in total. The summed E-state index contributed by atoms with van der Waals surface area (Å²) in [6.07, 6.45) is 2.54. The molecule has 0 bridgehead atoms. The molecule has 2 heterocycles. The first kappa shape index (κ1) is 11.8. The standard InChI is InChI=1S/C13H17NO3/c1-8(2)4-5-16-13(15)10-6-11-12(14-10)9(3)7-17-11/h6-8,14H,4-5H2,1-3H3. The molecular formula is C13H17NO3. The summed E-state index contributed by atoms with van der Waals surface area (Å²) in [6.45, 7) is 6.57. The number of nitrogens with one attached hydrogen (secondary N) is 1. The van der Waals surface area contributed by atoms with Crippen LogP contribution >= 0.6 is 0 Å². The van der Waals surface area contributed by atoms with Crippen molar-refractivity contribution >= 4 is 17.1 Å². The van der Waals surface area contributed by atoms with E-state index in [1.54, 1.807) is 12.3 Å². The van der Waals surface area contributed by atoms with Crippen LogP contribution < -0.4 is 0 Å². The molecular weight excluding hydrogens is 218 g/mol. The van der Waals surface area contributed by atoms with Crippen LogP contribution in [0.5, 0.6) is 0 Å². The molecule has 0 unspecified atom stereocenters. The van der Waals surface area contributed by atoms with Gasteiger partial charge < -0.3 is 14.1 Å². The number of hydrogen-bond donors (Lipinski definition) is 1. The Bertz CT molecular complexity index is 522. The van der Waals surface area contributed by atoms with Gasteiger partial charge in [-0.1, -0.05) is 13.8 Å². The van der Waals surface area contributed by atoms with Crippen molar-refractivity contribution in [2.45, 2.75) is 27.2 Å². The Kier molecular flexibility index (Phi) is 3.22. The number of aryl methyl sites for hydroxylation is 1. The molecule has 0 atom stereocenters. The van der Waals surface area contributed by atoms with E-state index in [0.717, 1.165) is 17.5 Å². The summed E-state index contributed by atoms with van der Waals surface area (Å²) in [5, 5.41) is 0. The zero-order valence-electron chi connectivity index (χ0n) is 10.4. The van der Waals surface area contributed by atoms with Crippen molar-refractivity contribution in [3.8, 4) is 0 Å². The number of H-pyrrole nitrogens is 1. The van der Waals surface area contributed by atoms with Crippen molar-refractivity contribution in [1.29, 1.82) is 0 Å². The van der Waals surface area contributed by atoms with Crippen LogP contribution in [0.2, 0.25) is 0 Å². The molecule has 1 N–H and O–H groups in total. The first-order valence-corrected chi connectivity index (χ1v) is 5.82. The second-order valence-electron chi connectivity index (χ2n) is 4.66. The average Bonchev–Trinajstić information content (AvgIpc) is 2.81. The van der Waals surface area contributed by atoms with E-state index in [0.29, 0.717) is 23.8 Å². The number of aromatic amines is 1. The summed E-state index contributed by atoms with van der Waals surface area (Å²) < 4.78 is 10.4. The fourth-order valence-corrected chi connectivity index (χ4v) is 1.61. The van der Waals surface area contributed by atoms with E-state index in [1.165, 1.54) is 0 Å². The van der Waals surface area contributed by atoms with Crippen LogP contribution in [-0.2, 0) is 4.74 Å². The molecule has 92 valence electrons. The quantitative estimate of drug-likeness (QED) is 0.827. The first-order valence-electron chi connectivity index (χ1n) is 5.82. The molecule has 0 saturated carbocycles. The van der Waals surface area contributed by atoms with Crippen LogP contribution in [0.4, 0.5) is 0 Å². The molecule has 0 aromatic carbocycles. The summed E-state index contributed by atoms with van der Waals surface area (Å²) in [5.41, 5.74) is 2.99. The lowest BCUT2D eigenvalue weighted by atomic mass is 10.1. The number of furan rings is 1. The zero-order chi connectivity index (χ0) is 12.4. The second kappa shape index (κ2) is 4.65. The number of aromatic nitrogens is 1. The molecule has 0 aliphatic heterocycles. The Morgan fingerprint density at radius 3 is 2.94 bits per heavy atom. The summed E-state index contributed by atoms with van der Waals surface area (Å²) in [6, 6.07) is 1.68. The number of hydrogen-bond acceptors (Lipinski definition) is 3. The minimum Gasteiger partial charge on any atom is -0.462 e. The van der Waals surface area contributed by atoms with Gasteiger partial charge in [-0.2, -0.15) is 0 Å². The Labute approximate surface area is 99.9 Å². The van der Waals surface area contributed by atoms with E-state index in [9.17, 15) is 4.79 Å². The number of ether oxygens (including phenoxy) is 1. The topological polar surface area (TPSA) is 55.2 Å². The first-order chi connectivity index (χ1) is 8.08. The molecule has 0 spiro atoms. The highest BCUT2D eigenvalue weighted by Crippen LogP contribution is 2.21. The fraction of sp³-hybridized carbons (Fsp3) is 0.462. The molecule has 4 heteroatoms. The Hall–Kier alpha value is -1.71. The van der Waals surface area contributed by atoms with Crippen LogP contribution in [0.1, 0.15) is 36.3 Å². The van der Waals surface area contributed by atoms with Gasteiger partial charge in [0.05, 0.1) is 18.4 Å². The van der Waals surface area contributed by atoms with Crippen LogP contribution in [0.25, 0.3) is 11.1 Å². The van der Waals surface area contributed by atoms with E-state index >= 15 is 0 Å².